The molecule has 0 aliphatic heterocycles. The van der Waals surface area contributed by atoms with Crippen LogP contribution in [-0.2, 0) is 12.8 Å². The molecule has 2 aromatic carbocycles. The molecular weight excluding hydrogens is 322 g/mol. The van der Waals surface area contributed by atoms with Gasteiger partial charge in [0.2, 0.25) is 0 Å². The zero-order chi connectivity index (χ0) is 17.9. The van der Waals surface area contributed by atoms with Crippen LogP contribution in [0.5, 0.6) is 11.5 Å². The van der Waals surface area contributed by atoms with Gasteiger partial charge in [-0.15, -0.1) is 0 Å². The Kier molecular flexibility index (Phi) is 8.23. The second-order valence-electron chi connectivity index (χ2n) is 6.08. The smallest absolute Gasteiger partial charge is 0.387 e. The van der Waals surface area contributed by atoms with Gasteiger partial charge >= 0.3 is 6.61 Å². The van der Waals surface area contributed by atoms with Gasteiger partial charge in [0.15, 0.2) is 0 Å². The van der Waals surface area contributed by atoms with Crippen LogP contribution in [0.3, 0.4) is 0 Å². The van der Waals surface area contributed by atoms with Gasteiger partial charge in [0.1, 0.15) is 11.5 Å². The Morgan fingerprint density at radius 1 is 0.760 bits per heavy atom. The van der Waals surface area contributed by atoms with Crippen LogP contribution in [0, 0.1) is 0 Å². The van der Waals surface area contributed by atoms with Gasteiger partial charge in [0.05, 0.1) is 6.61 Å². The van der Waals surface area contributed by atoms with Crippen LogP contribution in [0.4, 0.5) is 8.78 Å². The lowest BCUT2D eigenvalue weighted by atomic mass is 10.0. The molecule has 0 saturated heterocycles. The Labute approximate surface area is 148 Å². The minimum absolute atomic E-state index is 0.194. The first-order valence-corrected chi connectivity index (χ1v) is 8.93. The fourth-order valence-electron chi connectivity index (χ4n) is 2.60. The molecule has 2 rings (SSSR count). The summed E-state index contributed by atoms with van der Waals surface area (Å²) in [5.74, 6) is 1.10. The van der Waals surface area contributed by atoms with E-state index in [1.54, 1.807) is 12.1 Å². The van der Waals surface area contributed by atoms with Crippen molar-refractivity contribution in [1.82, 2.24) is 0 Å². The molecule has 4 heteroatoms. The lowest BCUT2D eigenvalue weighted by Crippen LogP contribution is -2.01. The van der Waals surface area contributed by atoms with E-state index in [1.807, 2.05) is 24.3 Å². The molecule has 2 nitrogen and oxygen atoms in total. The molecule has 0 heterocycles. The van der Waals surface area contributed by atoms with Crippen molar-refractivity contribution in [1.29, 1.82) is 0 Å². The fraction of sp³-hybridized carbons (Fsp3) is 0.429. The molecule has 0 saturated carbocycles. The van der Waals surface area contributed by atoms with E-state index in [-0.39, 0.29) is 5.75 Å². The third-order valence-corrected chi connectivity index (χ3v) is 4.04. The highest BCUT2D eigenvalue weighted by molar-refractivity contribution is 5.30. The summed E-state index contributed by atoms with van der Waals surface area (Å²) < 4.78 is 34.3. The van der Waals surface area contributed by atoms with Crippen LogP contribution in [0.15, 0.2) is 48.5 Å². The molecule has 0 aromatic heterocycles. The van der Waals surface area contributed by atoms with E-state index in [2.05, 4.69) is 23.8 Å². The number of benzene rings is 2. The molecule has 0 amide bonds. The second kappa shape index (κ2) is 10.7. The lowest BCUT2D eigenvalue weighted by Gasteiger charge is -2.08. The van der Waals surface area contributed by atoms with E-state index in [4.69, 9.17) is 4.74 Å². The standard InChI is InChI=1S/C21H26F2O2/c1-2-3-4-5-16-24-19-12-8-17(9-13-19)6-7-18-10-14-20(15-11-18)25-21(22)23/h8-15,21H,2-7,16H2,1H3. The summed E-state index contributed by atoms with van der Waals surface area (Å²) in [5.41, 5.74) is 2.32. The van der Waals surface area contributed by atoms with Crippen molar-refractivity contribution in [3.8, 4) is 11.5 Å². The first kappa shape index (κ1) is 19.2. The van der Waals surface area contributed by atoms with Gasteiger partial charge in [-0.3, -0.25) is 0 Å². The Balaban J connectivity index is 1.73. The van der Waals surface area contributed by atoms with Gasteiger partial charge in [-0.25, -0.2) is 0 Å². The predicted molar refractivity (Wildman–Crippen MR) is 96.6 cm³/mol. The normalized spacial score (nSPS) is 10.9. The van der Waals surface area contributed by atoms with E-state index in [9.17, 15) is 8.78 Å². The Morgan fingerprint density at radius 2 is 1.32 bits per heavy atom. The third kappa shape index (κ3) is 7.55. The summed E-state index contributed by atoms with van der Waals surface area (Å²) in [6.07, 6.45) is 6.56. The highest BCUT2D eigenvalue weighted by Gasteiger charge is 2.04. The van der Waals surface area contributed by atoms with Crippen molar-refractivity contribution in [3.63, 3.8) is 0 Å². The molecule has 136 valence electrons. The minimum Gasteiger partial charge on any atom is -0.494 e. The SMILES string of the molecule is CCCCCCOc1ccc(CCc2ccc(OC(F)F)cc2)cc1. The van der Waals surface area contributed by atoms with Crippen LogP contribution in [0.2, 0.25) is 0 Å². The Morgan fingerprint density at radius 3 is 1.84 bits per heavy atom. The van der Waals surface area contributed by atoms with E-state index in [0.717, 1.165) is 37.2 Å². The van der Waals surface area contributed by atoms with Crippen molar-refractivity contribution in [2.24, 2.45) is 0 Å². The number of halogens is 2. The summed E-state index contributed by atoms with van der Waals surface area (Å²) in [4.78, 5) is 0. The summed E-state index contributed by atoms with van der Waals surface area (Å²) in [6.45, 7) is 0.190. The zero-order valence-electron chi connectivity index (χ0n) is 14.7. The quantitative estimate of drug-likeness (QED) is 0.461. The number of ether oxygens (including phenoxy) is 2. The highest BCUT2D eigenvalue weighted by Crippen LogP contribution is 2.18. The monoisotopic (exact) mass is 348 g/mol. The maximum atomic E-state index is 12.1. The largest absolute Gasteiger partial charge is 0.494 e. The number of unbranched alkanes of at least 4 members (excludes halogenated alkanes) is 3. The van der Waals surface area contributed by atoms with Crippen molar-refractivity contribution in [2.75, 3.05) is 6.61 Å². The topological polar surface area (TPSA) is 18.5 Å². The second-order valence-corrected chi connectivity index (χ2v) is 6.08. The first-order chi connectivity index (χ1) is 12.2. The van der Waals surface area contributed by atoms with Gasteiger partial charge in [-0.05, 0) is 54.7 Å². The van der Waals surface area contributed by atoms with Crippen molar-refractivity contribution in [2.45, 2.75) is 52.1 Å². The first-order valence-electron chi connectivity index (χ1n) is 8.93. The molecule has 0 atom stereocenters. The molecule has 2 aromatic rings. The zero-order valence-corrected chi connectivity index (χ0v) is 14.7. The number of rotatable bonds is 11. The van der Waals surface area contributed by atoms with E-state index in [1.165, 1.54) is 24.8 Å². The Hall–Kier alpha value is -2.10. The molecule has 25 heavy (non-hydrogen) atoms. The molecule has 0 bridgehead atoms. The van der Waals surface area contributed by atoms with Crippen molar-refractivity contribution >= 4 is 0 Å². The molecular formula is C21H26F2O2. The average Bonchev–Trinajstić information content (AvgIpc) is 2.61. The fourth-order valence-corrected chi connectivity index (χ4v) is 2.60. The van der Waals surface area contributed by atoms with Crippen LogP contribution in [-0.4, -0.2) is 13.2 Å². The third-order valence-electron chi connectivity index (χ3n) is 4.04. The highest BCUT2D eigenvalue weighted by atomic mass is 19.3. The van der Waals surface area contributed by atoms with Gasteiger partial charge < -0.3 is 9.47 Å². The number of aryl methyl sites for hydroxylation is 2. The molecule has 0 radical (unpaired) electrons. The van der Waals surface area contributed by atoms with Gasteiger partial charge in [0, 0.05) is 0 Å². The van der Waals surface area contributed by atoms with Crippen LogP contribution in [0.25, 0.3) is 0 Å². The Bertz CT molecular complexity index is 594. The molecule has 0 aliphatic carbocycles. The van der Waals surface area contributed by atoms with Crippen molar-refractivity contribution < 1.29 is 18.3 Å². The van der Waals surface area contributed by atoms with E-state index >= 15 is 0 Å². The predicted octanol–water partition coefficient (Wildman–Crippen LogP) is 6.03. The molecule has 0 aliphatic rings. The van der Waals surface area contributed by atoms with Gasteiger partial charge in [0.25, 0.3) is 0 Å². The van der Waals surface area contributed by atoms with Crippen LogP contribution < -0.4 is 9.47 Å². The summed E-state index contributed by atoms with van der Waals surface area (Å²) in [6, 6.07) is 15.0. The van der Waals surface area contributed by atoms with Crippen LogP contribution in [0.1, 0.15) is 43.7 Å². The lowest BCUT2D eigenvalue weighted by molar-refractivity contribution is -0.0498. The number of hydrogen-bond acceptors (Lipinski definition) is 2. The summed E-state index contributed by atoms with van der Waals surface area (Å²) >= 11 is 0. The molecule has 0 N–H and O–H groups in total. The number of hydrogen-bond donors (Lipinski definition) is 0. The molecule has 0 fully saturated rings. The van der Waals surface area contributed by atoms with Crippen LogP contribution >= 0.6 is 0 Å². The maximum absolute atomic E-state index is 12.1. The molecule has 0 spiro atoms. The summed E-state index contributed by atoms with van der Waals surface area (Å²) in [7, 11) is 0. The number of alkyl halides is 2. The van der Waals surface area contributed by atoms with E-state index < -0.39 is 6.61 Å². The van der Waals surface area contributed by atoms with Crippen molar-refractivity contribution in [3.05, 3.63) is 59.7 Å². The minimum atomic E-state index is -2.78. The van der Waals surface area contributed by atoms with Gasteiger partial charge in [-0.1, -0.05) is 50.5 Å². The van der Waals surface area contributed by atoms with Gasteiger partial charge in [-0.2, -0.15) is 8.78 Å². The maximum Gasteiger partial charge on any atom is 0.387 e. The molecule has 0 unspecified atom stereocenters. The summed E-state index contributed by atoms with van der Waals surface area (Å²) in [5, 5.41) is 0. The van der Waals surface area contributed by atoms with E-state index in [0.29, 0.717) is 0 Å². The average molecular weight is 348 g/mol.